The van der Waals surface area contributed by atoms with Gasteiger partial charge in [0.1, 0.15) is 22.4 Å². The molecule has 0 amide bonds. The largest absolute Gasteiger partial charge is 0.396 e. The van der Waals surface area contributed by atoms with E-state index in [-0.39, 0.29) is 12.5 Å². The van der Waals surface area contributed by atoms with Crippen LogP contribution in [0.5, 0.6) is 0 Å². The second-order valence-electron chi connectivity index (χ2n) is 8.35. The Balaban J connectivity index is 1.60. The second-order valence-corrected chi connectivity index (χ2v) is 9.38. The molecular weight excluding hydrogens is 416 g/mol. The molecule has 0 aliphatic heterocycles. The van der Waals surface area contributed by atoms with Crippen LogP contribution in [-0.4, -0.2) is 67.2 Å². The zero-order valence-corrected chi connectivity index (χ0v) is 18.2. The number of hydrogen-bond acceptors (Lipinski definition) is 10. The molecule has 4 atom stereocenters. The maximum absolute atomic E-state index is 10.5. The van der Waals surface area contributed by atoms with Crippen LogP contribution in [0.15, 0.2) is 12.3 Å². The second kappa shape index (κ2) is 7.94. The van der Waals surface area contributed by atoms with E-state index in [2.05, 4.69) is 25.6 Å². The predicted molar refractivity (Wildman–Crippen MR) is 119 cm³/mol. The molecule has 2 aliphatic carbocycles. The van der Waals surface area contributed by atoms with Gasteiger partial charge in [-0.2, -0.15) is 4.98 Å². The minimum absolute atomic E-state index is 0.137. The van der Waals surface area contributed by atoms with E-state index >= 15 is 0 Å². The van der Waals surface area contributed by atoms with Gasteiger partial charge in [0.25, 0.3) is 0 Å². The van der Waals surface area contributed by atoms with Gasteiger partial charge >= 0.3 is 0 Å². The van der Waals surface area contributed by atoms with Crippen LogP contribution >= 0.6 is 11.3 Å². The van der Waals surface area contributed by atoms with Crippen LogP contribution in [0.25, 0.3) is 20.8 Å². The summed E-state index contributed by atoms with van der Waals surface area (Å²) < 4.78 is 1.07. The van der Waals surface area contributed by atoms with Crippen molar-refractivity contribution in [3.8, 4) is 10.6 Å². The van der Waals surface area contributed by atoms with Crippen molar-refractivity contribution >= 4 is 33.3 Å². The van der Waals surface area contributed by atoms with E-state index in [1.54, 1.807) is 18.4 Å². The van der Waals surface area contributed by atoms with Gasteiger partial charge in [0, 0.05) is 31.7 Å². The van der Waals surface area contributed by atoms with E-state index in [1.165, 1.54) is 0 Å². The van der Waals surface area contributed by atoms with Gasteiger partial charge in [0.05, 0.1) is 33.8 Å². The lowest BCUT2D eigenvalue weighted by atomic mass is 10.0. The Kier molecular flexibility index (Phi) is 5.25. The fraction of sp³-hybridized carbons (Fsp3) is 0.524. The van der Waals surface area contributed by atoms with Crippen molar-refractivity contribution in [3.63, 3.8) is 0 Å². The molecular formula is C21H26N6O3S. The van der Waals surface area contributed by atoms with Crippen molar-refractivity contribution in [3.05, 3.63) is 23.7 Å². The Labute approximate surface area is 183 Å². The average Bonchev–Trinajstić information content (AvgIpc) is 3.46. The Morgan fingerprint density at radius 1 is 1.19 bits per heavy atom. The molecule has 2 aliphatic rings. The van der Waals surface area contributed by atoms with Crippen molar-refractivity contribution < 1.29 is 15.3 Å². The summed E-state index contributed by atoms with van der Waals surface area (Å²) in [6.45, 7) is 1.76. The first-order valence-corrected chi connectivity index (χ1v) is 11.4. The smallest absolute Gasteiger partial charge is 0.224 e. The number of thiazole rings is 1. The van der Waals surface area contributed by atoms with Gasteiger partial charge in [-0.25, -0.2) is 9.97 Å². The number of fused-ring (bicyclic) bond motifs is 1. The number of nitrogens with zero attached hydrogens (tertiary/aromatic N) is 4. The summed E-state index contributed by atoms with van der Waals surface area (Å²) in [5.74, 6) is 1.17. The van der Waals surface area contributed by atoms with Crippen molar-refractivity contribution in [1.82, 2.24) is 19.9 Å². The van der Waals surface area contributed by atoms with Crippen molar-refractivity contribution in [1.29, 1.82) is 0 Å². The highest BCUT2D eigenvalue weighted by atomic mass is 32.1. The Morgan fingerprint density at radius 2 is 2.00 bits per heavy atom. The molecule has 0 radical (unpaired) electrons. The molecule has 3 heterocycles. The third kappa shape index (κ3) is 3.63. The summed E-state index contributed by atoms with van der Waals surface area (Å²) in [5.41, 5.74) is 3.48. The highest BCUT2D eigenvalue weighted by molar-refractivity contribution is 7.21. The maximum Gasteiger partial charge on any atom is 0.224 e. The molecule has 164 valence electrons. The van der Waals surface area contributed by atoms with Crippen molar-refractivity contribution in [2.24, 2.45) is 5.92 Å². The molecule has 10 heteroatoms. The number of aliphatic hydroxyl groups excluding tert-OH is 3. The number of hydrogen-bond donors (Lipinski definition) is 5. The van der Waals surface area contributed by atoms with E-state index in [1.807, 2.05) is 19.2 Å². The Hall–Kier alpha value is -2.40. The van der Waals surface area contributed by atoms with Crippen molar-refractivity contribution in [2.75, 3.05) is 24.3 Å². The van der Waals surface area contributed by atoms with Crippen LogP contribution in [0.1, 0.15) is 36.6 Å². The maximum atomic E-state index is 10.5. The molecule has 0 spiro atoms. The van der Waals surface area contributed by atoms with Crippen LogP contribution in [-0.2, 0) is 0 Å². The zero-order chi connectivity index (χ0) is 21.7. The molecule has 9 nitrogen and oxygen atoms in total. The van der Waals surface area contributed by atoms with Gasteiger partial charge < -0.3 is 26.0 Å². The minimum Gasteiger partial charge on any atom is -0.396 e. The average molecular weight is 443 g/mol. The number of nitrogens with one attached hydrogen (secondary N) is 2. The molecule has 5 rings (SSSR count). The van der Waals surface area contributed by atoms with Gasteiger partial charge in [-0.3, -0.25) is 4.98 Å². The lowest BCUT2D eigenvalue weighted by Gasteiger charge is -2.24. The van der Waals surface area contributed by atoms with Crippen LogP contribution in [0, 0.1) is 12.8 Å². The van der Waals surface area contributed by atoms with Crippen LogP contribution < -0.4 is 10.6 Å². The zero-order valence-electron chi connectivity index (χ0n) is 17.4. The fourth-order valence-electron chi connectivity index (χ4n) is 4.35. The molecule has 0 unspecified atom stereocenters. The van der Waals surface area contributed by atoms with E-state index < -0.39 is 18.2 Å². The van der Waals surface area contributed by atoms with Crippen molar-refractivity contribution in [2.45, 2.75) is 50.4 Å². The van der Waals surface area contributed by atoms with E-state index in [0.29, 0.717) is 24.1 Å². The normalized spacial score (nSPS) is 25.8. The summed E-state index contributed by atoms with van der Waals surface area (Å²) in [6.07, 6.45) is 2.57. The van der Waals surface area contributed by atoms with Crippen LogP contribution in [0.3, 0.4) is 0 Å². The standard InChI is InChI=1S/C21H26N6O3S/c1-9-14(20-26-17-13(31-20)5-6-23-15(17)10-3-4-10)19(27-21(22-2)24-9)25-16-11(8-28)7-12(29)18(16)30/h5-6,10-12,16,18,28-30H,3-4,7-8H2,1-2H3,(H2,22,24,25,27)/t11-,12+,16+,18+/m0/s1. The Morgan fingerprint density at radius 3 is 2.71 bits per heavy atom. The third-order valence-electron chi connectivity index (χ3n) is 6.18. The monoisotopic (exact) mass is 442 g/mol. The summed E-state index contributed by atoms with van der Waals surface area (Å²) >= 11 is 1.56. The Bertz CT molecular complexity index is 1120. The molecule has 3 aromatic heterocycles. The SMILES string of the molecule is CNc1nc(C)c(-c2nc3c(C4CC4)nccc3s2)c(N[C@@H]2[C@H](CO)C[C@@H](O)[C@H]2O)n1. The minimum atomic E-state index is -1.00. The highest BCUT2D eigenvalue weighted by Gasteiger charge is 2.42. The van der Waals surface area contributed by atoms with Gasteiger partial charge in [-0.15, -0.1) is 11.3 Å². The van der Waals surface area contributed by atoms with Crippen LogP contribution in [0.2, 0.25) is 0 Å². The van der Waals surface area contributed by atoms with Crippen LogP contribution in [0.4, 0.5) is 11.8 Å². The predicted octanol–water partition coefficient (Wildman–Crippen LogP) is 1.89. The highest BCUT2D eigenvalue weighted by Crippen LogP contribution is 2.44. The molecule has 0 saturated heterocycles. The lowest BCUT2D eigenvalue weighted by molar-refractivity contribution is 0.0390. The molecule has 0 aromatic carbocycles. The first-order chi connectivity index (χ1) is 15.0. The molecule has 2 saturated carbocycles. The molecule has 2 fully saturated rings. The lowest BCUT2D eigenvalue weighted by Crippen LogP contribution is -2.38. The molecule has 3 aromatic rings. The molecule has 5 N–H and O–H groups in total. The first kappa shape index (κ1) is 20.5. The summed E-state index contributed by atoms with van der Waals surface area (Å²) in [6, 6.07) is 1.45. The third-order valence-corrected chi connectivity index (χ3v) is 7.22. The van der Waals surface area contributed by atoms with Gasteiger partial charge in [0.15, 0.2) is 0 Å². The van der Waals surface area contributed by atoms with E-state index in [9.17, 15) is 15.3 Å². The topological polar surface area (TPSA) is 136 Å². The van der Waals surface area contributed by atoms with Gasteiger partial charge in [-0.05, 0) is 32.3 Å². The van der Waals surface area contributed by atoms with Gasteiger partial charge in [0.2, 0.25) is 5.95 Å². The summed E-state index contributed by atoms with van der Waals surface area (Å²) in [7, 11) is 1.74. The number of rotatable bonds is 6. The molecule has 31 heavy (non-hydrogen) atoms. The number of pyridine rings is 1. The van der Waals surface area contributed by atoms with E-state index in [0.717, 1.165) is 45.0 Å². The summed E-state index contributed by atoms with van der Waals surface area (Å²) in [5, 5.41) is 37.4. The summed E-state index contributed by atoms with van der Waals surface area (Å²) in [4.78, 5) is 18.6. The number of anilines is 2. The number of aryl methyl sites for hydroxylation is 1. The number of aromatic nitrogens is 4. The van der Waals surface area contributed by atoms with E-state index in [4.69, 9.17) is 4.98 Å². The first-order valence-electron chi connectivity index (χ1n) is 10.6. The quantitative estimate of drug-likeness (QED) is 0.388. The fourth-order valence-corrected chi connectivity index (χ4v) is 5.41. The van der Waals surface area contributed by atoms with Gasteiger partial charge in [-0.1, -0.05) is 0 Å². The number of aliphatic hydroxyl groups is 3. The molecule has 0 bridgehead atoms.